The summed E-state index contributed by atoms with van der Waals surface area (Å²) in [5.41, 5.74) is 1.86. The van der Waals surface area contributed by atoms with Gasteiger partial charge in [-0.3, -0.25) is 4.90 Å². The highest BCUT2D eigenvalue weighted by atomic mass is 16.6. The lowest BCUT2D eigenvalue weighted by atomic mass is 9.83. The first kappa shape index (κ1) is 21.4. The summed E-state index contributed by atoms with van der Waals surface area (Å²) in [7, 11) is 0. The van der Waals surface area contributed by atoms with Crippen LogP contribution in [0.15, 0.2) is 60.7 Å². The van der Waals surface area contributed by atoms with Gasteiger partial charge in [-0.05, 0) is 24.6 Å². The van der Waals surface area contributed by atoms with E-state index in [0.29, 0.717) is 36.6 Å². The number of quaternary nitrogens is 1. The Hall–Kier alpha value is -2.86. The van der Waals surface area contributed by atoms with Crippen LogP contribution in [0.4, 0.5) is 10.5 Å². The molecule has 31 heavy (non-hydrogen) atoms. The first-order valence-electron chi connectivity index (χ1n) is 11.2. The van der Waals surface area contributed by atoms with Crippen LogP contribution in [0.3, 0.4) is 0 Å². The second-order valence-corrected chi connectivity index (χ2v) is 8.60. The number of amides is 1. The van der Waals surface area contributed by atoms with Crippen LogP contribution in [-0.4, -0.2) is 55.4 Å². The summed E-state index contributed by atoms with van der Waals surface area (Å²) < 4.78 is 12.0. The van der Waals surface area contributed by atoms with Crippen LogP contribution in [-0.2, 0) is 20.8 Å². The summed E-state index contributed by atoms with van der Waals surface area (Å²) in [6.45, 7) is 5.61. The van der Waals surface area contributed by atoms with E-state index in [9.17, 15) is 9.59 Å². The van der Waals surface area contributed by atoms with Gasteiger partial charge >= 0.3 is 12.1 Å². The van der Waals surface area contributed by atoms with E-state index in [0.717, 1.165) is 37.2 Å². The monoisotopic (exact) mass is 423 g/mol. The van der Waals surface area contributed by atoms with Crippen molar-refractivity contribution in [3.63, 3.8) is 0 Å². The van der Waals surface area contributed by atoms with Crippen LogP contribution in [0.25, 0.3) is 0 Å². The molecule has 0 spiro atoms. The van der Waals surface area contributed by atoms with Gasteiger partial charge in [0.25, 0.3) is 0 Å². The van der Waals surface area contributed by atoms with Crippen LogP contribution < -0.4 is 4.90 Å². The molecule has 3 aliphatic heterocycles. The Kier molecular flexibility index (Phi) is 6.56. The van der Waals surface area contributed by atoms with Gasteiger partial charge in [-0.1, -0.05) is 48.5 Å². The molecule has 5 rings (SSSR count). The molecule has 6 nitrogen and oxygen atoms in total. The summed E-state index contributed by atoms with van der Waals surface area (Å²) in [5, 5.41) is 0. The van der Waals surface area contributed by atoms with Crippen LogP contribution >= 0.6 is 0 Å². The Bertz CT molecular complexity index is 879. The fourth-order valence-corrected chi connectivity index (χ4v) is 4.89. The Morgan fingerprint density at radius 2 is 1.65 bits per heavy atom. The number of anilines is 1. The number of esters is 1. The lowest BCUT2D eigenvalue weighted by Crippen LogP contribution is -2.66. The van der Waals surface area contributed by atoms with Gasteiger partial charge in [0.1, 0.15) is 6.54 Å². The number of rotatable bonds is 7. The van der Waals surface area contributed by atoms with Crippen LogP contribution in [0.5, 0.6) is 0 Å². The van der Waals surface area contributed by atoms with Gasteiger partial charge in [0.2, 0.25) is 0 Å². The second kappa shape index (κ2) is 9.52. The zero-order valence-electron chi connectivity index (χ0n) is 18.1. The molecule has 164 valence electrons. The zero-order valence-corrected chi connectivity index (χ0v) is 18.1. The Morgan fingerprint density at radius 1 is 1.00 bits per heavy atom. The molecule has 0 N–H and O–H groups in total. The summed E-state index contributed by atoms with van der Waals surface area (Å²) in [4.78, 5) is 27.2. The molecule has 2 aromatic rings. The van der Waals surface area contributed by atoms with Crippen molar-refractivity contribution in [2.24, 2.45) is 5.92 Å². The SMILES string of the molecule is CCOC(=O)C[N+]12CCC(CC1)[C@@H](OC(=O)N(Cc1ccccc1)c1ccccc1)C2. The fourth-order valence-electron chi connectivity index (χ4n) is 4.89. The highest BCUT2D eigenvalue weighted by Gasteiger charge is 2.49. The molecule has 0 saturated carbocycles. The molecule has 3 fully saturated rings. The van der Waals surface area contributed by atoms with E-state index in [-0.39, 0.29) is 18.2 Å². The van der Waals surface area contributed by atoms with Crippen molar-refractivity contribution in [3.05, 3.63) is 66.2 Å². The van der Waals surface area contributed by atoms with Crippen molar-refractivity contribution in [2.45, 2.75) is 32.4 Å². The first-order valence-corrected chi connectivity index (χ1v) is 11.2. The minimum absolute atomic E-state index is 0.164. The van der Waals surface area contributed by atoms with Gasteiger partial charge in [-0.25, -0.2) is 9.59 Å². The van der Waals surface area contributed by atoms with Crippen molar-refractivity contribution in [1.29, 1.82) is 0 Å². The van der Waals surface area contributed by atoms with Crippen molar-refractivity contribution < 1.29 is 23.5 Å². The normalized spacial score (nSPS) is 24.4. The van der Waals surface area contributed by atoms with E-state index in [4.69, 9.17) is 9.47 Å². The lowest BCUT2D eigenvalue weighted by molar-refractivity contribution is -0.939. The largest absolute Gasteiger partial charge is 0.462 e. The van der Waals surface area contributed by atoms with E-state index in [2.05, 4.69) is 0 Å². The molecule has 0 radical (unpaired) electrons. The molecule has 0 aromatic heterocycles. The van der Waals surface area contributed by atoms with Crippen molar-refractivity contribution >= 4 is 17.7 Å². The minimum Gasteiger partial charge on any atom is -0.462 e. The maximum Gasteiger partial charge on any atom is 0.415 e. The van der Waals surface area contributed by atoms with Gasteiger partial charge < -0.3 is 14.0 Å². The van der Waals surface area contributed by atoms with Gasteiger partial charge in [0, 0.05) is 24.4 Å². The van der Waals surface area contributed by atoms with Crippen LogP contribution in [0.2, 0.25) is 0 Å². The molecule has 1 amide bonds. The minimum atomic E-state index is -0.330. The molecule has 3 aliphatic rings. The van der Waals surface area contributed by atoms with E-state index < -0.39 is 0 Å². The molecule has 2 bridgehead atoms. The summed E-state index contributed by atoms with van der Waals surface area (Å²) >= 11 is 0. The molecule has 1 atom stereocenters. The number of nitrogens with zero attached hydrogens (tertiary/aromatic N) is 2. The average Bonchev–Trinajstić information content (AvgIpc) is 2.79. The molecular weight excluding hydrogens is 392 g/mol. The Balaban J connectivity index is 1.48. The highest BCUT2D eigenvalue weighted by molar-refractivity contribution is 5.87. The molecule has 3 heterocycles. The number of piperidine rings is 3. The number of hydrogen-bond acceptors (Lipinski definition) is 4. The second-order valence-electron chi connectivity index (χ2n) is 8.60. The smallest absolute Gasteiger partial charge is 0.415 e. The lowest BCUT2D eigenvalue weighted by Gasteiger charge is -2.51. The maximum atomic E-state index is 13.3. The first-order chi connectivity index (χ1) is 15.1. The van der Waals surface area contributed by atoms with Gasteiger partial charge in [0.15, 0.2) is 12.6 Å². The average molecular weight is 424 g/mol. The molecule has 0 unspecified atom stereocenters. The topological polar surface area (TPSA) is 55.8 Å². The number of para-hydroxylation sites is 1. The number of hydrogen-bond donors (Lipinski definition) is 0. The maximum absolute atomic E-state index is 13.3. The third-order valence-electron chi connectivity index (χ3n) is 6.54. The highest BCUT2D eigenvalue weighted by Crippen LogP contribution is 2.36. The van der Waals surface area contributed by atoms with E-state index >= 15 is 0 Å². The zero-order chi connectivity index (χ0) is 21.7. The third kappa shape index (κ3) is 5.07. The number of benzene rings is 2. The molecule has 0 aliphatic carbocycles. The molecular formula is C25H31N2O4+. The predicted molar refractivity (Wildman–Crippen MR) is 118 cm³/mol. The van der Waals surface area contributed by atoms with E-state index in [1.165, 1.54) is 0 Å². The fraction of sp³-hybridized carbons (Fsp3) is 0.440. The number of carbonyl (C=O) groups excluding carboxylic acids is 2. The van der Waals surface area contributed by atoms with E-state index in [1.54, 1.807) is 4.90 Å². The Labute approximate surface area is 184 Å². The number of fused-ring (bicyclic) bond motifs is 3. The molecule has 2 aromatic carbocycles. The third-order valence-corrected chi connectivity index (χ3v) is 6.54. The van der Waals surface area contributed by atoms with Crippen molar-refractivity contribution in [2.75, 3.05) is 37.7 Å². The van der Waals surface area contributed by atoms with E-state index in [1.807, 2.05) is 67.6 Å². The van der Waals surface area contributed by atoms with Gasteiger partial charge in [-0.15, -0.1) is 0 Å². The van der Waals surface area contributed by atoms with Crippen LogP contribution in [0, 0.1) is 5.92 Å². The van der Waals surface area contributed by atoms with Gasteiger partial charge in [-0.2, -0.15) is 0 Å². The Morgan fingerprint density at radius 3 is 2.29 bits per heavy atom. The molecule has 6 heteroatoms. The van der Waals surface area contributed by atoms with Crippen molar-refractivity contribution in [3.8, 4) is 0 Å². The standard InChI is InChI=1S/C25H31N2O4/c1-2-30-24(28)19-27-15-13-21(14-16-27)23(18-27)31-25(29)26(22-11-7-4-8-12-22)17-20-9-5-3-6-10-20/h3-12,21,23H,2,13-19H2,1H3/q+1/t21?,23-,27?/m0/s1. The quantitative estimate of drug-likeness (QED) is 0.499. The number of carbonyl (C=O) groups is 2. The number of ether oxygens (including phenoxy) is 2. The summed E-state index contributed by atoms with van der Waals surface area (Å²) in [6.07, 6.45) is 1.44. The van der Waals surface area contributed by atoms with Crippen molar-refractivity contribution in [1.82, 2.24) is 0 Å². The van der Waals surface area contributed by atoms with Crippen LogP contribution in [0.1, 0.15) is 25.3 Å². The summed E-state index contributed by atoms with van der Waals surface area (Å²) in [5.74, 6) is 0.198. The molecule has 3 saturated heterocycles. The van der Waals surface area contributed by atoms with Gasteiger partial charge in [0.05, 0.1) is 26.2 Å². The summed E-state index contributed by atoms with van der Waals surface area (Å²) in [6, 6.07) is 19.6. The predicted octanol–water partition coefficient (Wildman–Crippen LogP) is 4.00.